The molecule has 1 rings (SSSR count). The van der Waals surface area contributed by atoms with Crippen LogP contribution in [0.4, 0.5) is 0 Å². The molecule has 0 radical (unpaired) electrons. The van der Waals surface area contributed by atoms with Gasteiger partial charge in [0.1, 0.15) is 3.61 Å². The van der Waals surface area contributed by atoms with Gasteiger partial charge in [-0.3, -0.25) is 0 Å². The van der Waals surface area contributed by atoms with Crippen LogP contribution in [-0.2, 0) is 4.74 Å². The van der Waals surface area contributed by atoms with Crippen molar-refractivity contribution in [2.24, 2.45) is 5.92 Å². The molecule has 0 bridgehead atoms. The Morgan fingerprint density at radius 3 is 2.82 bits per heavy atom. The Labute approximate surface area is 87.8 Å². The lowest BCUT2D eigenvalue weighted by atomic mass is 9.95. The molecule has 0 amide bonds. The molecule has 1 saturated heterocycles. The molecule has 66 valence electrons. The van der Waals surface area contributed by atoms with E-state index in [1.807, 2.05) is 0 Å². The minimum atomic E-state index is 0.0532. The lowest BCUT2D eigenvalue weighted by molar-refractivity contribution is -0.0670. The fraction of sp³-hybridized carbons (Fsp3) is 1.00. The first-order valence-electron chi connectivity index (χ1n) is 4.03. The second kappa shape index (κ2) is 3.83. The van der Waals surface area contributed by atoms with Gasteiger partial charge in [-0.15, -0.1) is 0 Å². The highest BCUT2D eigenvalue weighted by atomic mass is 127. The quantitative estimate of drug-likeness (QED) is 0.443. The van der Waals surface area contributed by atoms with Gasteiger partial charge in [-0.2, -0.15) is 12.6 Å². The molecule has 1 aliphatic heterocycles. The van der Waals surface area contributed by atoms with Crippen LogP contribution >= 0.6 is 35.2 Å². The van der Waals surface area contributed by atoms with Crippen molar-refractivity contribution in [3.8, 4) is 0 Å². The zero-order valence-corrected chi connectivity index (χ0v) is 10.1. The maximum Gasteiger partial charge on any atom is 0.116 e. The minimum absolute atomic E-state index is 0.0532. The first-order chi connectivity index (χ1) is 5.05. The summed E-state index contributed by atoms with van der Waals surface area (Å²) in [7, 11) is 0. The summed E-state index contributed by atoms with van der Waals surface area (Å²) in [6, 6.07) is 0. The third kappa shape index (κ3) is 2.77. The Bertz CT molecular complexity index is 138. The topological polar surface area (TPSA) is 9.23 Å². The number of ether oxygens (including phenoxy) is 1. The maximum atomic E-state index is 5.85. The molecular formula is C8H15IOS. The predicted octanol–water partition coefficient (Wildman–Crippen LogP) is 2.88. The first-order valence-corrected chi connectivity index (χ1v) is 5.74. The summed E-state index contributed by atoms with van der Waals surface area (Å²) >= 11 is 6.66. The van der Waals surface area contributed by atoms with E-state index in [1.54, 1.807) is 0 Å². The van der Waals surface area contributed by atoms with Crippen LogP contribution in [-0.4, -0.2) is 15.5 Å². The normalized spacial score (nSPS) is 45.8. The highest BCUT2D eigenvalue weighted by Crippen LogP contribution is 2.36. The summed E-state index contributed by atoms with van der Waals surface area (Å²) in [5.41, 5.74) is 0. The fourth-order valence-corrected chi connectivity index (χ4v) is 2.45. The SMILES string of the molecule is CC1CCC(C)(I)O[C@H]1CS. The van der Waals surface area contributed by atoms with E-state index in [2.05, 4.69) is 49.1 Å². The number of alkyl halides is 1. The van der Waals surface area contributed by atoms with Gasteiger partial charge in [-0.25, -0.2) is 0 Å². The maximum absolute atomic E-state index is 5.85. The largest absolute Gasteiger partial charge is 0.361 e. The van der Waals surface area contributed by atoms with Crippen LogP contribution in [0, 0.1) is 5.92 Å². The zero-order valence-electron chi connectivity index (χ0n) is 7.01. The van der Waals surface area contributed by atoms with E-state index in [4.69, 9.17) is 4.74 Å². The van der Waals surface area contributed by atoms with Gasteiger partial charge >= 0.3 is 0 Å². The second-order valence-corrected chi connectivity index (χ2v) is 6.10. The van der Waals surface area contributed by atoms with Crippen LogP contribution in [0.2, 0.25) is 0 Å². The van der Waals surface area contributed by atoms with Crippen molar-refractivity contribution in [3.63, 3.8) is 0 Å². The van der Waals surface area contributed by atoms with Gasteiger partial charge in [0.2, 0.25) is 0 Å². The number of hydrogen-bond acceptors (Lipinski definition) is 2. The lowest BCUT2D eigenvalue weighted by Crippen LogP contribution is -2.38. The molecule has 2 unspecified atom stereocenters. The summed E-state index contributed by atoms with van der Waals surface area (Å²) in [6.07, 6.45) is 2.79. The van der Waals surface area contributed by atoms with Crippen LogP contribution in [0.15, 0.2) is 0 Å². The zero-order chi connectivity index (χ0) is 8.48. The molecule has 0 spiro atoms. The molecule has 0 aromatic rings. The van der Waals surface area contributed by atoms with Crippen molar-refractivity contribution in [1.82, 2.24) is 0 Å². The van der Waals surface area contributed by atoms with E-state index in [0.717, 1.165) is 5.75 Å². The highest BCUT2D eigenvalue weighted by Gasteiger charge is 2.33. The summed E-state index contributed by atoms with van der Waals surface area (Å²) in [5, 5.41) is 0. The number of hydrogen-bond donors (Lipinski definition) is 1. The Morgan fingerprint density at radius 1 is 1.73 bits per heavy atom. The Balaban J connectivity index is 2.51. The monoisotopic (exact) mass is 286 g/mol. The number of thiol groups is 1. The van der Waals surface area contributed by atoms with Gasteiger partial charge in [0, 0.05) is 5.75 Å². The molecule has 3 atom stereocenters. The molecule has 0 aliphatic carbocycles. The number of rotatable bonds is 1. The molecule has 1 fully saturated rings. The molecule has 3 heteroatoms. The van der Waals surface area contributed by atoms with Crippen LogP contribution in [0.3, 0.4) is 0 Å². The van der Waals surface area contributed by atoms with Crippen molar-refractivity contribution >= 4 is 35.2 Å². The standard InChI is InChI=1S/C8H15IOS/c1-6-3-4-8(2,9)10-7(6)5-11/h6-7,11H,3-5H2,1-2H3/t6?,7-,8?/m0/s1. The van der Waals surface area contributed by atoms with Crippen molar-refractivity contribution in [2.75, 3.05) is 5.75 Å². The van der Waals surface area contributed by atoms with E-state index < -0.39 is 0 Å². The molecule has 1 nitrogen and oxygen atoms in total. The first kappa shape index (κ1) is 10.1. The fourth-order valence-electron chi connectivity index (χ4n) is 1.38. The Morgan fingerprint density at radius 2 is 2.36 bits per heavy atom. The van der Waals surface area contributed by atoms with Gasteiger partial charge < -0.3 is 4.74 Å². The third-order valence-electron chi connectivity index (χ3n) is 2.26. The van der Waals surface area contributed by atoms with Crippen molar-refractivity contribution < 1.29 is 4.74 Å². The Hall–Kier alpha value is 1.04. The van der Waals surface area contributed by atoms with E-state index in [9.17, 15) is 0 Å². The Kier molecular flexibility index (Phi) is 3.53. The van der Waals surface area contributed by atoms with Crippen LogP contribution in [0.1, 0.15) is 26.7 Å². The van der Waals surface area contributed by atoms with Gasteiger partial charge in [0.15, 0.2) is 0 Å². The van der Waals surface area contributed by atoms with Gasteiger partial charge in [-0.05, 0) is 48.3 Å². The number of halogens is 1. The predicted molar refractivity (Wildman–Crippen MR) is 59.5 cm³/mol. The van der Waals surface area contributed by atoms with Crippen LogP contribution in [0.5, 0.6) is 0 Å². The molecule has 11 heavy (non-hydrogen) atoms. The van der Waals surface area contributed by atoms with Gasteiger partial charge in [0.05, 0.1) is 6.10 Å². The molecule has 0 saturated carbocycles. The van der Waals surface area contributed by atoms with Crippen LogP contribution < -0.4 is 0 Å². The van der Waals surface area contributed by atoms with E-state index in [-0.39, 0.29) is 3.61 Å². The lowest BCUT2D eigenvalue weighted by Gasteiger charge is -2.38. The van der Waals surface area contributed by atoms with Crippen LogP contribution in [0.25, 0.3) is 0 Å². The molecule has 0 N–H and O–H groups in total. The van der Waals surface area contributed by atoms with E-state index >= 15 is 0 Å². The summed E-state index contributed by atoms with van der Waals surface area (Å²) < 4.78 is 5.90. The molecule has 1 heterocycles. The van der Waals surface area contributed by atoms with E-state index in [1.165, 1.54) is 12.8 Å². The molecule has 0 aromatic heterocycles. The summed E-state index contributed by atoms with van der Waals surface area (Å²) in [6.45, 7) is 4.39. The van der Waals surface area contributed by atoms with E-state index in [0.29, 0.717) is 12.0 Å². The summed E-state index contributed by atoms with van der Waals surface area (Å²) in [4.78, 5) is 0. The summed E-state index contributed by atoms with van der Waals surface area (Å²) in [5.74, 6) is 1.52. The minimum Gasteiger partial charge on any atom is -0.361 e. The molecular weight excluding hydrogens is 271 g/mol. The van der Waals surface area contributed by atoms with Gasteiger partial charge in [0.25, 0.3) is 0 Å². The average molecular weight is 286 g/mol. The van der Waals surface area contributed by atoms with Gasteiger partial charge in [-0.1, -0.05) is 6.92 Å². The highest BCUT2D eigenvalue weighted by molar-refractivity contribution is 14.1. The average Bonchev–Trinajstić information content (AvgIpc) is 1.94. The molecule has 0 aromatic carbocycles. The molecule has 1 aliphatic rings. The second-order valence-electron chi connectivity index (χ2n) is 3.46. The van der Waals surface area contributed by atoms with Crippen molar-refractivity contribution in [2.45, 2.75) is 36.4 Å². The van der Waals surface area contributed by atoms with Crippen molar-refractivity contribution in [3.05, 3.63) is 0 Å². The smallest absolute Gasteiger partial charge is 0.116 e. The third-order valence-corrected chi connectivity index (χ3v) is 3.41. The van der Waals surface area contributed by atoms with Crippen molar-refractivity contribution in [1.29, 1.82) is 0 Å².